The Labute approximate surface area is 186 Å². The molecule has 0 saturated heterocycles. The van der Waals surface area contributed by atoms with Crippen molar-refractivity contribution in [2.75, 3.05) is 19.7 Å². The molecule has 2 aromatic rings. The van der Waals surface area contributed by atoms with Gasteiger partial charge in [0, 0.05) is 30.3 Å². The summed E-state index contributed by atoms with van der Waals surface area (Å²) in [7, 11) is 0. The van der Waals surface area contributed by atoms with Gasteiger partial charge in [-0.15, -0.1) is 24.0 Å². The van der Waals surface area contributed by atoms with Gasteiger partial charge in [-0.3, -0.25) is 9.98 Å². The van der Waals surface area contributed by atoms with Crippen molar-refractivity contribution in [3.05, 3.63) is 59.9 Å². The molecule has 0 bridgehead atoms. The molecule has 0 radical (unpaired) electrons. The smallest absolute Gasteiger partial charge is 0.188 e. The van der Waals surface area contributed by atoms with Crippen LogP contribution in [-0.2, 0) is 11.8 Å². The zero-order chi connectivity index (χ0) is 19.7. The molecule has 1 aromatic heterocycles. The lowest BCUT2D eigenvalue weighted by Crippen LogP contribution is -2.35. The molecule has 6 heteroatoms. The van der Waals surface area contributed by atoms with Crippen molar-refractivity contribution in [2.45, 2.75) is 39.5 Å². The maximum Gasteiger partial charge on any atom is 0.188 e. The van der Waals surface area contributed by atoms with E-state index in [4.69, 9.17) is 10.5 Å². The summed E-state index contributed by atoms with van der Waals surface area (Å²) in [6, 6.07) is 14.2. The van der Waals surface area contributed by atoms with Crippen LogP contribution < -0.4 is 15.8 Å². The Kier molecular flexibility index (Phi) is 10.3. The standard InChI is InChI=1S/C22H32N4O.HI/c1-17(2)15-27-20-10-8-18(9-11-20)22(3,4)16-26-21(23)25-14-12-19-7-5-6-13-24-19;/h5-11,13,17H,12,14-16H2,1-4H3,(H3,23,25,26);1H. The van der Waals surface area contributed by atoms with Crippen LogP contribution in [0.1, 0.15) is 39.0 Å². The van der Waals surface area contributed by atoms with Crippen molar-refractivity contribution in [3.8, 4) is 5.75 Å². The van der Waals surface area contributed by atoms with Gasteiger partial charge in [0.25, 0.3) is 0 Å². The van der Waals surface area contributed by atoms with E-state index in [1.807, 2.05) is 30.3 Å². The second-order valence-corrected chi connectivity index (χ2v) is 7.81. The van der Waals surface area contributed by atoms with E-state index in [9.17, 15) is 0 Å². The minimum Gasteiger partial charge on any atom is -0.493 e. The van der Waals surface area contributed by atoms with Crippen molar-refractivity contribution in [1.82, 2.24) is 10.3 Å². The fourth-order valence-electron chi connectivity index (χ4n) is 2.56. The summed E-state index contributed by atoms with van der Waals surface area (Å²) in [5.41, 5.74) is 8.16. The van der Waals surface area contributed by atoms with Gasteiger partial charge < -0.3 is 15.8 Å². The summed E-state index contributed by atoms with van der Waals surface area (Å²) >= 11 is 0. The number of nitrogens with one attached hydrogen (secondary N) is 1. The number of nitrogens with two attached hydrogens (primary N) is 1. The number of aromatic nitrogens is 1. The van der Waals surface area contributed by atoms with Gasteiger partial charge in [0.15, 0.2) is 5.96 Å². The topological polar surface area (TPSA) is 72.5 Å². The molecule has 0 atom stereocenters. The first kappa shape index (κ1) is 24.2. The molecule has 0 aliphatic rings. The summed E-state index contributed by atoms with van der Waals surface area (Å²) < 4.78 is 5.75. The predicted molar refractivity (Wildman–Crippen MR) is 128 cm³/mol. The van der Waals surface area contributed by atoms with E-state index in [0.717, 1.165) is 24.5 Å². The van der Waals surface area contributed by atoms with Crippen LogP contribution in [-0.4, -0.2) is 30.6 Å². The summed E-state index contributed by atoms with van der Waals surface area (Å²) in [5.74, 6) is 1.89. The fourth-order valence-corrected chi connectivity index (χ4v) is 2.56. The van der Waals surface area contributed by atoms with Gasteiger partial charge >= 0.3 is 0 Å². The minimum atomic E-state index is -0.107. The highest BCUT2D eigenvalue weighted by Gasteiger charge is 2.20. The molecule has 0 saturated carbocycles. The Hall–Kier alpha value is -1.83. The monoisotopic (exact) mass is 496 g/mol. The molecule has 1 heterocycles. The van der Waals surface area contributed by atoms with Crippen LogP contribution in [0.3, 0.4) is 0 Å². The van der Waals surface area contributed by atoms with E-state index in [2.05, 4.69) is 55.1 Å². The average molecular weight is 496 g/mol. The second kappa shape index (κ2) is 11.9. The van der Waals surface area contributed by atoms with Crippen LogP contribution in [0, 0.1) is 5.92 Å². The molecule has 0 aliphatic heterocycles. The van der Waals surface area contributed by atoms with E-state index >= 15 is 0 Å². The molecule has 3 N–H and O–H groups in total. The van der Waals surface area contributed by atoms with Gasteiger partial charge in [0.1, 0.15) is 5.75 Å². The lowest BCUT2D eigenvalue weighted by atomic mass is 9.85. The number of ether oxygens (including phenoxy) is 1. The minimum absolute atomic E-state index is 0. The van der Waals surface area contributed by atoms with Gasteiger partial charge in [0.05, 0.1) is 13.2 Å². The SMILES string of the molecule is CC(C)COc1ccc(C(C)(C)CN=C(N)NCCc2ccccn2)cc1.I. The summed E-state index contributed by atoms with van der Waals surface area (Å²) in [6.07, 6.45) is 2.62. The number of guanidine groups is 1. The predicted octanol–water partition coefficient (Wildman–Crippen LogP) is 4.16. The highest BCUT2D eigenvalue weighted by atomic mass is 127. The number of hydrogen-bond acceptors (Lipinski definition) is 3. The maximum atomic E-state index is 6.01. The fraction of sp³-hybridized carbons (Fsp3) is 0.455. The molecule has 5 nitrogen and oxygen atoms in total. The Morgan fingerprint density at radius 1 is 1.18 bits per heavy atom. The molecule has 2 rings (SSSR count). The molecule has 0 amide bonds. The molecule has 0 spiro atoms. The molecular formula is C22H33IN4O. The third kappa shape index (κ3) is 8.46. The van der Waals surface area contributed by atoms with Gasteiger partial charge in [-0.1, -0.05) is 45.9 Å². The summed E-state index contributed by atoms with van der Waals surface area (Å²) in [6.45, 7) is 10.7. The van der Waals surface area contributed by atoms with E-state index in [0.29, 0.717) is 25.0 Å². The maximum absolute atomic E-state index is 6.01. The van der Waals surface area contributed by atoms with Crippen LogP contribution in [0.15, 0.2) is 53.7 Å². The number of aliphatic imine (C=N–C) groups is 1. The molecule has 154 valence electrons. The molecule has 0 fully saturated rings. The van der Waals surface area contributed by atoms with Crippen LogP contribution >= 0.6 is 24.0 Å². The Balaban J connectivity index is 0.00000392. The lowest BCUT2D eigenvalue weighted by molar-refractivity contribution is 0.271. The molecule has 0 unspecified atom stereocenters. The normalized spacial score (nSPS) is 11.8. The second-order valence-electron chi connectivity index (χ2n) is 7.81. The third-order valence-corrected chi connectivity index (χ3v) is 4.28. The van der Waals surface area contributed by atoms with E-state index in [-0.39, 0.29) is 29.4 Å². The average Bonchev–Trinajstić information content (AvgIpc) is 2.66. The highest BCUT2D eigenvalue weighted by Crippen LogP contribution is 2.25. The van der Waals surface area contributed by atoms with Gasteiger partial charge in [-0.25, -0.2) is 0 Å². The molecular weight excluding hydrogens is 463 g/mol. The zero-order valence-electron chi connectivity index (χ0n) is 17.3. The summed E-state index contributed by atoms with van der Waals surface area (Å²) in [5, 5.41) is 3.16. The van der Waals surface area contributed by atoms with Crippen molar-refractivity contribution in [3.63, 3.8) is 0 Å². The van der Waals surface area contributed by atoms with Crippen LogP contribution in [0.4, 0.5) is 0 Å². The summed E-state index contributed by atoms with van der Waals surface area (Å²) in [4.78, 5) is 8.82. The number of hydrogen-bond donors (Lipinski definition) is 2. The number of pyridine rings is 1. The Morgan fingerprint density at radius 3 is 2.50 bits per heavy atom. The van der Waals surface area contributed by atoms with Crippen molar-refractivity contribution < 1.29 is 4.74 Å². The van der Waals surface area contributed by atoms with E-state index in [1.54, 1.807) is 6.20 Å². The van der Waals surface area contributed by atoms with Crippen LogP contribution in [0.25, 0.3) is 0 Å². The molecule has 1 aromatic carbocycles. The van der Waals surface area contributed by atoms with Crippen molar-refractivity contribution >= 4 is 29.9 Å². The third-order valence-electron chi connectivity index (χ3n) is 4.28. The first-order valence-corrected chi connectivity index (χ1v) is 9.54. The first-order valence-electron chi connectivity index (χ1n) is 9.54. The zero-order valence-corrected chi connectivity index (χ0v) is 19.6. The lowest BCUT2D eigenvalue weighted by Gasteiger charge is -2.23. The van der Waals surface area contributed by atoms with Crippen LogP contribution in [0.2, 0.25) is 0 Å². The van der Waals surface area contributed by atoms with Gasteiger partial charge in [0.2, 0.25) is 0 Å². The van der Waals surface area contributed by atoms with Gasteiger partial charge in [-0.2, -0.15) is 0 Å². The quantitative estimate of drug-likeness (QED) is 0.311. The van der Waals surface area contributed by atoms with E-state index in [1.165, 1.54) is 5.56 Å². The Morgan fingerprint density at radius 2 is 1.89 bits per heavy atom. The molecule has 0 aliphatic carbocycles. The van der Waals surface area contributed by atoms with Gasteiger partial charge in [-0.05, 0) is 35.7 Å². The number of nitrogens with zero attached hydrogens (tertiary/aromatic N) is 2. The highest BCUT2D eigenvalue weighted by molar-refractivity contribution is 14.0. The van der Waals surface area contributed by atoms with E-state index < -0.39 is 0 Å². The van der Waals surface area contributed by atoms with Crippen LogP contribution in [0.5, 0.6) is 5.75 Å². The number of benzene rings is 1. The number of halogens is 1. The Bertz CT molecular complexity index is 715. The van der Waals surface area contributed by atoms with Crippen molar-refractivity contribution in [2.24, 2.45) is 16.6 Å². The largest absolute Gasteiger partial charge is 0.493 e. The molecule has 28 heavy (non-hydrogen) atoms. The first-order chi connectivity index (χ1) is 12.9. The number of rotatable bonds is 9. The van der Waals surface area contributed by atoms with Crippen molar-refractivity contribution in [1.29, 1.82) is 0 Å².